The third kappa shape index (κ3) is 5.03. The van der Waals surface area contributed by atoms with E-state index in [1.165, 1.54) is 5.56 Å². The molecule has 0 bridgehead atoms. The highest BCUT2D eigenvalue weighted by Crippen LogP contribution is 2.37. The number of nitrogens with one attached hydrogen (secondary N) is 1. The van der Waals surface area contributed by atoms with Gasteiger partial charge < -0.3 is 5.32 Å². The number of aryl methyl sites for hydroxylation is 2. The minimum Gasteiger partial charge on any atom is -0.350 e. The molecule has 0 saturated carbocycles. The van der Waals surface area contributed by atoms with Crippen molar-refractivity contribution in [3.8, 4) is 12.3 Å². The summed E-state index contributed by atoms with van der Waals surface area (Å²) in [7, 11) is 0. The summed E-state index contributed by atoms with van der Waals surface area (Å²) in [6, 6.07) is 12.2. The van der Waals surface area contributed by atoms with Crippen LogP contribution < -0.4 is 5.32 Å². The third-order valence-electron chi connectivity index (χ3n) is 4.53. The van der Waals surface area contributed by atoms with Gasteiger partial charge in [0.2, 0.25) is 5.91 Å². The molecule has 3 rings (SSSR count). The quantitative estimate of drug-likeness (QED) is 0.670. The summed E-state index contributed by atoms with van der Waals surface area (Å²) in [5.74, 6) is 2.59. The number of amides is 1. The van der Waals surface area contributed by atoms with E-state index < -0.39 is 5.66 Å². The highest BCUT2D eigenvalue weighted by molar-refractivity contribution is 5.75. The second-order valence-electron chi connectivity index (χ2n) is 6.44. The van der Waals surface area contributed by atoms with Gasteiger partial charge in [-0.25, -0.2) is 0 Å². The van der Waals surface area contributed by atoms with Crippen LogP contribution in [0.4, 0.5) is 0 Å². The average Bonchev–Trinajstić information content (AvgIpc) is 3.31. The van der Waals surface area contributed by atoms with E-state index in [-0.39, 0.29) is 5.91 Å². The highest BCUT2D eigenvalue weighted by Gasteiger charge is 2.39. The monoisotopic (exact) mass is 349 g/mol. The van der Waals surface area contributed by atoms with Gasteiger partial charge in [0.15, 0.2) is 5.66 Å². The molecule has 0 atom stereocenters. The average molecular weight is 349 g/mol. The van der Waals surface area contributed by atoms with Crippen molar-refractivity contribution >= 4 is 5.91 Å². The van der Waals surface area contributed by atoms with E-state index in [1.54, 1.807) is 6.20 Å². The number of carbonyl (C=O) groups is 1. The highest BCUT2D eigenvalue weighted by atomic mass is 16.1. The van der Waals surface area contributed by atoms with Gasteiger partial charge in [0.05, 0.1) is 12.2 Å². The lowest BCUT2D eigenvalue weighted by atomic mass is 10.0. The van der Waals surface area contributed by atoms with E-state index in [4.69, 9.17) is 6.42 Å². The Labute approximate surface area is 153 Å². The summed E-state index contributed by atoms with van der Waals surface area (Å²) >= 11 is 0. The van der Waals surface area contributed by atoms with Gasteiger partial charge in [-0.05, 0) is 18.1 Å². The Morgan fingerprint density at radius 1 is 1.19 bits per heavy atom. The Hall–Kier alpha value is -2.94. The lowest BCUT2D eigenvalue weighted by molar-refractivity contribution is -0.121. The molecule has 26 heavy (non-hydrogen) atoms. The predicted molar refractivity (Wildman–Crippen MR) is 99.1 cm³/mol. The number of rotatable bonds is 10. The molecule has 1 aliphatic heterocycles. The zero-order valence-corrected chi connectivity index (χ0v) is 14.8. The van der Waals surface area contributed by atoms with Crippen LogP contribution in [0.15, 0.2) is 52.8 Å². The number of hydrogen-bond acceptors (Lipinski definition) is 4. The van der Waals surface area contributed by atoms with Crippen molar-refractivity contribution in [3.63, 3.8) is 0 Å². The molecule has 0 unspecified atom stereocenters. The molecule has 6 nitrogen and oxygen atoms in total. The van der Waals surface area contributed by atoms with E-state index in [2.05, 4.69) is 38.7 Å². The molecule has 0 aliphatic carbocycles. The Kier molecular flexibility index (Phi) is 5.80. The Bertz CT molecular complexity index is 797. The van der Waals surface area contributed by atoms with Crippen molar-refractivity contribution in [2.75, 3.05) is 0 Å². The molecule has 1 aromatic heterocycles. The number of terminal acetylenes is 1. The summed E-state index contributed by atoms with van der Waals surface area (Å²) < 4.78 is 1.94. The molecular weight excluding hydrogens is 326 g/mol. The lowest BCUT2D eigenvalue weighted by Gasteiger charge is -2.11. The molecule has 0 fully saturated rings. The van der Waals surface area contributed by atoms with E-state index in [0.717, 1.165) is 25.1 Å². The Balaban J connectivity index is 1.41. The molecule has 1 aliphatic rings. The molecule has 1 aromatic carbocycles. The molecule has 1 amide bonds. The van der Waals surface area contributed by atoms with Crippen molar-refractivity contribution in [2.45, 2.75) is 50.9 Å². The minimum atomic E-state index is -0.402. The van der Waals surface area contributed by atoms with E-state index >= 15 is 0 Å². The second kappa shape index (κ2) is 8.43. The van der Waals surface area contributed by atoms with Crippen LogP contribution in [-0.4, -0.2) is 21.4 Å². The van der Waals surface area contributed by atoms with Crippen molar-refractivity contribution in [3.05, 3.63) is 53.9 Å². The summed E-state index contributed by atoms with van der Waals surface area (Å²) in [5.41, 5.74) is 1.87. The molecule has 0 spiro atoms. The van der Waals surface area contributed by atoms with Gasteiger partial charge in [-0.3, -0.25) is 9.48 Å². The molecule has 134 valence electrons. The van der Waals surface area contributed by atoms with Crippen molar-refractivity contribution in [1.29, 1.82) is 0 Å². The standard InChI is InChI=1S/C20H23N5O/c1-2-3-12-20(23-24-20)13-9-19(26)21-16-18-10-14-22-25(18)15-11-17-7-5-4-6-8-17/h1,4-8,10,14H,3,9,11-13,15-16H2,(H,21,26). The van der Waals surface area contributed by atoms with Gasteiger partial charge in [-0.2, -0.15) is 15.3 Å². The van der Waals surface area contributed by atoms with Crippen LogP contribution in [0.5, 0.6) is 0 Å². The summed E-state index contributed by atoms with van der Waals surface area (Å²) in [6.07, 6.45) is 10.3. The van der Waals surface area contributed by atoms with E-state index in [9.17, 15) is 4.79 Å². The first-order chi connectivity index (χ1) is 12.7. The fraction of sp³-hybridized carbons (Fsp3) is 0.400. The zero-order valence-electron chi connectivity index (χ0n) is 14.8. The maximum absolute atomic E-state index is 12.1. The van der Waals surface area contributed by atoms with Crippen LogP contribution in [0.1, 0.15) is 36.9 Å². The minimum absolute atomic E-state index is 0.00167. The largest absolute Gasteiger partial charge is 0.350 e. The Morgan fingerprint density at radius 3 is 2.73 bits per heavy atom. The van der Waals surface area contributed by atoms with Crippen LogP contribution in [0.2, 0.25) is 0 Å². The zero-order chi connectivity index (χ0) is 18.2. The fourth-order valence-corrected chi connectivity index (χ4v) is 2.85. The van der Waals surface area contributed by atoms with Crippen LogP contribution in [-0.2, 0) is 24.3 Å². The number of benzene rings is 1. The first-order valence-corrected chi connectivity index (χ1v) is 8.90. The molecule has 2 heterocycles. The molecule has 0 saturated heterocycles. The van der Waals surface area contributed by atoms with Crippen molar-refractivity contribution in [1.82, 2.24) is 15.1 Å². The van der Waals surface area contributed by atoms with E-state index in [0.29, 0.717) is 25.8 Å². The van der Waals surface area contributed by atoms with Crippen molar-refractivity contribution in [2.24, 2.45) is 10.2 Å². The summed E-state index contributed by atoms with van der Waals surface area (Å²) in [4.78, 5) is 12.1. The third-order valence-corrected chi connectivity index (χ3v) is 4.53. The number of carbonyl (C=O) groups excluding carboxylic acids is 1. The van der Waals surface area contributed by atoms with Crippen molar-refractivity contribution < 1.29 is 4.79 Å². The van der Waals surface area contributed by atoms with Crippen LogP contribution in [0.25, 0.3) is 0 Å². The number of nitrogens with zero attached hydrogens (tertiary/aromatic N) is 4. The van der Waals surface area contributed by atoms with Gasteiger partial charge in [0.25, 0.3) is 0 Å². The predicted octanol–water partition coefficient (Wildman–Crippen LogP) is 3.10. The van der Waals surface area contributed by atoms with Gasteiger partial charge >= 0.3 is 0 Å². The Morgan fingerprint density at radius 2 is 2.00 bits per heavy atom. The van der Waals surface area contributed by atoms with Gasteiger partial charge in [-0.1, -0.05) is 30.3 Å². The maximum Gasteiger partial charge on any atom is 0.220 e. The number of hydrogen-bond donors (Lipinski definition) is 1. The topological polar surface area (TPSA) is 71.6 Å². The first-order valence-electron chi connectivity index (χ1n) is 8.90. The smallest absolute Gasteiger partial charge is 0.220 e. The summed E-state index contributed by atoms with van der Waals surface area (Å²) in [6.45, 7) is 1.26. The number of aromatic nitrogens is 2. The normalized spacial score (nSPS) is 14.0. The summed E-state index contributed by atoms with van der Waals surface area (Å²) in [5, 5.41) is 15.4. The first kappa shape index (κ1) is 17.9. The van der Waals surface area contributed by atoms with Gasteiger partial charge in [-0.15, -0.1) is 12.3 Å². The molecule has 2 aromatic rings. The van der Waals surface area contributed by atoms with E-state index in [1.807, 2.05) is 28.9 Å². The fourth-order valence-electron chi connectivity index (χ4n) is 2.85. The molecule has 1 N–H and O–H groups in total. The second-order valence-corrected chi connectivity index (χ2v) is 6.44. The van der Waals surface area contributed by atoms with Gasteiger partial charge in [0.1, 0.15) is 0 Å². The molecule has 0 radical (unpaired) electrons. The van der Waals surface area contributed by atoms with Crippen LogP contribution >= 0.6 is 0 Å². The maximum atomic E-state index is 12.1. The van der Waals surface area contributed by atoms with Gasteiger partial charge in [0, 0.05) is 38.4 Å². The van der Waals surface area contributed by atoms with Crippen LogP contribution in [0, 0.1) is 12.3 Å². The molecule has 6 heteroatoms. The molecular formula is C20H23N5O. The SMILES string of the molecule is C#CCCC1(CCC(=O)NCc2ccnn2CCc2ccccc2)N=N1. The van der Waals surface area contributed by atoms with Crippen LogP contribution in [0.3, 0.4) is 0 Å². The lowest BCUT2D eigenvalue weighted by Crippen LogP contribution is -2.26.